The van der Waals surface area contributed by atoms with Crippen molar-refractivity contribution >= 4 is 35.0 Å². The third-order valence-electron chi connectivity index (χ3n) is 4.08. The summed E-state index contributed by atoms with van der Waals surface area (Å²) in [5.41, 5.74) is 1.22. The van der Waals surface area contributed by atoms with Gasteiger partial charge in [-0.05, 0) is 57.5 Å². The number of amides is 1. The van der Waals surface area contributed by atoms with Crippen LogP contribution in [0, 0.1) is 6.92 Å². The molecule has 0 atom stereocenters. The highest BCUT2D eigenvalue weighted by molar-refractivity contribution is 6.31. The third kappa shape index (κ3) is 4.32. The van der Waals surface area contributed by atoms with Gasteiger partial charge in [-0.1, -0.05) is 17.7 Å². The summed E-state index contributed by atoms with van der Waals surface area (Å²) in [5.74, 6) is -0.868. The van der Waals surface area contributed by atoms with Gasteiger partial charge in [0.1, 0.15) is 11.5 Å². The first-order chi connectivity index (χ1) is 12.2. The summed E-state index contributed by atoms with van der Waals surface area (Å²) in [6.07, 6.45) is 0. The number of pyridine rings is 1. The Labute approximate surface area is 157 Å². The first-order valence-electron chi connectivity index (χ1n) is 8.33. The molecule has 0 saturated carbocycles. The van der Waals surface area contributed by atoms with E-state index in [1.807, 2.05) is 25.7 Å². The molecular weight excluding hydrogens is 354 g/mol. The Morgan fingerprint density at radius 2 is 2.00 bits per heavy atom. The number of rotatable bonds is 6. The molecule has 0 unspecified atom stereocenters. The highest BCUT2D eigenvalue weighted by Crippen LogP contribution is 2.23. The number of carbonyl (C=O) groups excluding carboxylic acids is 1. The Bertz CT molecular complexity index is 837. The van der Waals surface area contributed by atoms with E-state index < -0.39 is 11.9 Å². The average Bonchev–Trinajstić information content (AvgIpc) is 2.56. The van der Waals surface area contributed by atoms with Crippen molar-refractivity contribution in [3.63, 3.8) is 0 Å². The first-order valence-corrected chi connectivity index (χ1v) is 8.70. The molecule has 138 valence electrons. The summed E-state index contributed by atoms with van der Waals surface area (Å²) in [6.45, 7) is 8.45. The highest BCUT2D eigenvalue weighted by atomic mass is 35.5. The van der Waals surface area contributed by atoms with Crippen molar-refractivity contribution < 1.29 is 14.7 Å². The lowest BCUT2D eigenvalue weighted by molar-refractivity contribution is 0.0695. The van der Waals surface area contributed by atoms with Crippen molar-refractivity contribution in [3.8, 4) is 0 Å². The number of nitrogens with zero attached hydrogens (tertiary/aromatic N) is 2. The van der Waals surface area contributed by atoms with E-state index in [1.165, 1.54) is 12.1 Å². The minimum absolute atomic E-state index is 0.138. The maximum atomic E-state index is 12.6. The molecule has 2 aromatic rings. The number of nitrogens with one attached hydrogen (secondary N) is 1. The third-order valence-corrected chi connectivity index (χ3v) is 4.30. The van der Waals surface area contributed by atoms with Gasteiger partial charge in [0.2, 0.25) is 0 Å². The van der Waals surface area contributed by atoms with Crippen LogP contribution in [0.3, 0.4) is 0 Å². The van der Waals surface area contributed by atoms with Crippen molar-refractivity contribution in [2.45, 2.75) is 33.7 Å². The predicted octanol–water partition coefficient (Wildman–Crippen LogP) is 4.23. The van der Waals surface area contributed by atoms with Gasteiger partial charge in [0, 0.05) is 23.3 Å². The van der Waals surface area contributed by atoms with Crippen LogP contribution in [0.2, 0.25) is 5.02 Å². The molecule has 1 heterocycles. The fourth-order valence-electron chi connectivity index (χ4n) is 2.73. The summed E-state index contributed by atoms with van der Waals surface area (Å²) < 4.78 is 0. The van der Waals surface area contributed by atoms with Crippen molar-refractivity contribution in [3.05, 3.63) is 52.2 Å². The zero-order valence-corrected chi connectivity index (χ0v) is 16.0. The van der Waals surface area contributed by atoms with Crippen molar-refractivity contribution in [1.29, 1.82) is 0 Å². The standard InChI is InChI=1S/C19H22ClN3O3/c1-5-23(11(2)3)17-10-13(20)9-16(21-17)18(24)22-15-8-6-7-14(12(15)4)19(25)26/h6-11H,5H2,1-4H3,(H,22,24)(H,25,26). The lowest BCUT2D eigenvalue weighted by Gasteiger charge is -2.26. The minimum Gasteiger partial charge on any atom is -0.478 e. The smallest absolute Gasteiger partial charge is 0.336 e. The second-order valence-corrected chi connectivity index (χ2v) is 6.58. The Kier molecular flexibility index (Phi) is 6.21. The van der Waals surface area contributed by atoms with Gasteiger partial charge >= 0.3 is 5.97 Å². The number of benzene rings is 1. The number of carboxylic acids is 1. The second kappa shape index (κ2) is 8.19. The van der Waals surface area contributed by atoms with Gasteiger partial charge in [-0.15, -0.1) is 0 Å². The molecule has 0 aliphatic rings. The van der Waals surface area contributed by atoms with E-state index in [4.69, 9.17) is 11.6 Å². The van der Waals surface area contributed by atoms with E-state index in [0.29, 0.717) is 22.1 Å². The van der Waals surface area contributed by atoms with Crippen LogP contribution in [-0.2, 0) is 0 Å². The number of halogens is 1. The van der Waals surface area contributed by atoms with Crippen LogP contribution in [0.4, 0.5) is 11.5 Å². The van der Waals surface area contributed by atoms with E-state index in [0.717, 1.165) is 6.54 Å². The molecule has 26 heavy (non-hydrogen) atoms. The molecule has 1 aromatic carbocycles. The zero-order chi connectivity index (χ0) is 19.4. The number of aromatic nitrogens is 1. The summed E-state index contributed by atoms with van der Waals surface area (Å²) >= 11 is 6.18. The maximum absolute atomic E-state index is 12.6. The Morgan fingerprint density at radius 1 is 1.31 bits per heavy atom. The number of hydrogen-bond donors (Lipinski definition) is 2. The topological polar surface area (TPSA) is 82.5 Å². The summed E-state index contributed by atoms with van der Waals surface area (Å²) in [6, 6.07) is 8.14. The van der Waals surface area contributed by atoms with Gasteiger partial charge in [0.25, 0.3) is 5.91 Å². The van der Waals surface area contributed by atoms with E-state index in [-0.39, 0.29) is 17.3 Å². The van der Waals surface area contributed by atoms with E-state index in [2.05, 4.69) is 10.3 Å². The molecule has 2 N–H and O–H groups in total. The van der Waals surface area contributed by atoms with Gasteiger partial charge in [-0.2, -0.15) is 0 Å². The minimum atomic E-state index is -1.04. The van der Waals surface area contributed by atoms with Crippen molar-refractivity contribution in [2.75, 3.05) is 16.8 Å². The monoisotopic (exact) mass is 375 g/mol. The normalized spacial score (nSPS) is 10.7. The molecule has 0 aliphatic heterocycles. The van der Waals surface area contributed by atoms with Gasteiger partial charge in [-0.25, -0.2) is 9.78 Å². The fraction of sp³-hybridized carbons (Fsp3) is 0.316. The molecule has 0 fully saturated rings. The Hall–Kier alpha value is -2.60. The molecule has 6 nitrogen and oxygen atoms in total. The Balaban J connectivity index is 2.35. The molecule has 2 rings (SSSR count). The van der Waals surface area contributed by atoms with Crippen LogP contribution in [0.25, 0.3) is 0 Å². The molecule has 0 aliphatic carbocycles. The molecule has 1 aromatic heterocycles. The van der Waals surface area contributed by atoms with E-state index in [9.17, 15) is 14.7 Å². The molecule has 7 heteroatoms. The van der Waals surface area contributed by atoms with E-state index >= 15 is 0 Å². The number of carboxylic acid groups (broad SMARTS) is 1. The maximum Gasteiger partial charge on any atom is 0.336 e. The molecule has 0 saturated heterocycles. The van der Waals surface area contributed by atoms with E-state index in [1.54, 1.807) is 25.1 Å². The number of carbonyl (C=O) groups is 2. The van der Waals surface area contributed by atoms with Crippen LogP contribution in [0.5, 0.6) is 0 Å². The zero-order valence-electron chi connectivity index (χ0n) is 15.2. The average molecular weight is 376 g/mol. The first kappa shape index (κ1) is 19.7. The number of hydrogen-bond acceptors (Lipinski definition) is 4. The van der Waals surface area contributed by atoms with Gasteiger partial charge in [0.15, 0.2) is 0 Å². The fourth-order valence-corrected chi connectivity index (χ4v) is 2.93. The highest BCUT2D eigenvalue weighted by Gasteiger charge is 2.17. The number of aromatic carboxylic acids is 1. The lowest BCUT2D eigenvalue weighted by Crippen LogP contribution is -2.31. The summed E-state index contributed by atoms with van der Waals surface area (Å²) in [7, 11) is 0. The van der Waals surface area contributed by atoms with Crippen molar-refractivity contribution in [1.82, 2.24) is 4.98 Å². The molecule has 0 radical (unpaired) electrons. The Morgan fingerprint density at radius 3 is 2.58 bits per heavy atom. The molecule has 1 amide bonds. The van der Waals surface area contributed by atoms with Crippen LogP contribution < -0.4 is 10.2 Å². The van der Waals surface area contributed by atoms with Gasteiger partial charge in [0.05, 0.1) is 5.56 Å². The van der Waals surface area contributed by atoms with Crippen LogP contribution in [-0.4, -0.2) is 34.6 Å². The summed E-state index contributed by atoms with van der Waals surface area (Å²) in [5, 5.41) is 12.3. The lowest BCUT2D eigenvalue weighted by atomic mass is 10.1. The van der Waals surface area contributed by atoms with Crippen molar-refractivity contribution in [2.24, 2.45) is 0 Å². The molecule has 0 spiro atoms. The second-order valence-electron chi connectivity index (χ2n) is 6.15. The largest absolute Gasteiger partial charge is 0.478 e. The summed E-state index contributed by atoms with van der Waals surface area (Å²) in [4.78, 5) is 30.3. The van der Waals surface area contributed by atoms with Gasteiger partial charge < -0.3 is 15.3 Å². The van der Waals surface area contributed by atoms with Crippen LogP contribution in [0.15, 0.2) is 30.3 Å². The molecular formula is C19H22ClN3O3. The SMILES string of the molecule is CCN(c1cc(Cl)cc(C(=O)Nc2cccc(C(=O)O)c2C)n1)C(C)C. The number of anilines is 2. The molecule has 0 bridgehead atoms. The quantitative estimate of drug-likeness (QED) is 0.789. The van der Waals surface area contributed by atoms with Crippen LogP contribution >= 0.6 is 11.6 Å². The van der Waals surface area contributed by atoms with Crippen LogP contribution in [0.1, 0.15) is 47.2 Å². The van der Waals surface area contributed by atoms with Gasteiger partial charge in [-0.3, -0.25) is 4.79 Å². The predicted molar refractivity (Wildman–Crippen MR) is 103 cm³/mol.